The van der Waals surface area contributed by atoms with E-state index in [1.165, 1.54) is 0 Å². The van der Waals surface area contributed by atoms with Gasteiger partial charge in [-0.15, -0.1) is 0 Å². The second kappa shape index (κ2) is 7.28. The van der Waals surface area contributed by atoms with Crippen LogP contribution in [-0.2, 0) is 23.6 Å². The first-order valence-electron chi connectivity index (χ1n) is 5.78. The lowest BCUT2D eigenvalue weighted by Gasteiger charge is -2.08. The molecule has 0 heterocycles. The van der Waals surface area contributed by atoms with E-state index in [4.69, 9.17) is 13.0 Å². The van der Waals surface area contributed by atoms with Crippen molar-refractivity contribution in [2.75, 3.05) is 0 Å². The van der Waals surface area contributed by atoms with E-state index >= 15 is 0 Å². The van der Waals surface area contributed by atoms with Crippen molar-refractivity contribution in [3.63, 3.8) is 0 Å². The molecule has 0 saturated carbocycles. The fraction of sp³-hybridized carbons (Fsp3) is 0.231. The summed E-state index contributed by atoms with van der Waals surface area (Å²) >= 11 is 0. The van der Waals surface area contributed by atoms with Crippen molar-refractivity contribution in [1.82, 2.24) is 0 Å². The minimum absolute atomic E-state index is 0. The van der Waals surface area contributed by atoms with Gasteiger partial charge in [-0.3, -0.25) is 0 Å². The molecule has 0 unspecified atom stereocenters. The van der Waals surface area contributed by atoms with Crippen molar-refractivity contribution >= 4 is 34.4 Å². The smallest absolute Gasteiger partial charge is 0.485 e. The SMILES string of the molecule is Cc1cc(O)c2ccc(O)cc2c1C.O=S(=O)([O-])C(F)(F)F.[SH3+]. The van der Waals surface area contributed by atoms with E-state index < -0.39 is 15.6 Å². The average molecular weight is 372 g/mol. The van der Waals surface area contributed by atoms with Crippen LogP contribution < -0.4 is 0 Å². The third-order valence-electron chi connectivity index (χ3n) is 2.91. The van der Waals surface area contributed by atoms with Crippen LogP contribution in [0.5, 0.6) is 11.5 Å². The van der Waals surface area contributed by atoms with Crippen LogP contribution in [0.3, 0.4) is 0 Å². The van der Waals surface area contributed by atoms with Crippen LogP contribution in [0, 0.1) is 13.8 Å². The Morgan fingerprint density at radius 1 is 1.04 bits per heavy atom. The number of rotatable bonds is 0. The summed E-state index contributed by atoms with van der Waals surface area (Å²) in [5, 5.41) is 20.7. The summed E-state index contributed by atoms with van der Waals surface area (Å²) in [6, 6.07) is 6.73. The summed E-state index contributed by atoms with van der Waals surface area (Å²) < 4.78 is 58.9. The number of aryl methyl sites for hydroxylation is 2. The molecule has 0 aliphatic heterocycles. The molecule has 2 rings (SSSR count). The van der Waals surface area contributed by atoms with Crippen molar-refractivity contribution in [1.29, 1.82) is 0 Å². The van der Waals surface area contributed by atoms with Gasteiger partial charge >= 0.3 is 5.51 Å². The zero-order valence-corrected chi connectivity index (χ0v) is 14.0. The van der Waals surface area contributed by atoms with Crippen LogP contribution in [0.4, 0.5) is 13.2 Å². The van der Waals surface area contributed by atoms with E-state index in [0.29, 0.717) is 0 Å². The van der Waals surface area contributed by atoms with Crippen molar-refractivity contribution in [3.8, 4) is 11.5 Å². The Balaban J connectivity index is 0.000000469. The number of phenolic OH excluding ortho intramolecular Hbond substituents is 2. The second-order valence-electron chi connectivity index (χ2n) is 4.47. The molecule has 0 aliphatic carbocycles. The predicted octanol–water partition coefficient (Wildman–Crippen LogP) is 2.11. The maximum atomic E-state index is 10.7. The first kappa shape index (κ1) is 21.4. The molecule has 10 heteroatoms. The van der Waals surface area contributed by atoms with E-state index in [1.54, 1.807) is 24.3 Å². The molecule has 5 nitrogen and oxygen atoms in total. The average Bonchev–Trinajstić information content (AvgIpc) is 2.34. The minimum Gasteiger partial charge on any atom is -0.741 e. The predicted molar refractivity (Wildman–Crippen MR) is 84.1 cm³/mol. The van der Waals surface area contributed by atoms with Gasteiger partial charge < -0.3 is 14.8 Å². The summed E-state index contributed by atoms with van der Waals surface area (Å²) in [6.45, 7) is 3.93. The molecule has 0 aliphatic rings. The van der Waals surface area contributed by atoms with Gasteiger partial charge in [0.1, 0.15) is 11.5 Å². The Morgan fingerprint density at radius 3 is 1.96 bits per heavy atom. The highest BCUT2D eigenvalue weighted by molar-refractivity contribution is 7.86. The molecule has 0 atom stereocenters. The van der Waals surface area contributed by atoms with Gasteiger partial charge in [0.15, 0.2) is 10.1 Å². The maximum Gasteiger partial charge on any atom is 0.485 e. The summed E-state index contributed by atoms with van der Waals surface area (Å²) in [5.41, 5.74) is -3.53. The van der Waals surface area contributed by atoms with Crippen molar-refractivity contribution < 1.29 is 36.4 Å². The Kier molecular flexibility index (Phi) is 6.76. The van der Waals surface area contributed by atoms with Gasteiger partial charge in [-0.2, -0.15) is 13.2 Å². The van der Waals surface area contributed by atoms with Crippen molar-refractivity contribution in [3.05, 3.63) is 35.4 Å². The normalized spacial score (nSPS) is 11.4. The third-order valence-corrected chi connectivity index (χ3v) is 3.48. The van der Waals surface area contributed by atoms with E-state index in [1.807, 2.05) is 13.8 Å². The number of phenols is 2. The largest absolute Gasteiger partial charge is 0.741 e. The number of hydrogen-bond acceptors (Lipinski definition) is 5. The lowest BCUT2D eigenvalue weighted by molar-refractivity contribution is -0.0517. The van der Waals surface area contributed by atoms with Crippen LogP contribution in [0.15, 0.2) is 24.3 Å². The third kappa shape index (κ3) is 5.19. The van der Waals surface area contributed by atoms with Crippen LogP contribution in [0.2, 0.25) is 0 Å². The maximum absolute atomic E-state index is 10.7. The van der Waals surface area contributed by atoms with Gasteiger partial charge in [0, 0.05) is 5.39 Å². The van der Waals surface area contributed by atoms with Gasteiger partial charge in [-0.25, -0.2) is 8.42 Å². The molecule has 2 aromatic rings. The zero-order chi connectivity index (χ0) is 17.3. The molecule has 0 radical (unpaired) electrons. The molecule has 2 N–H and O–H groups in total. The monoisotopic (exact) mass is 372 g/mol. The van der Waals surface area contributed by atoms with Crippen molar-refractivity contribution in [2.45, 2.75) is 19.4 Å². The summed E-state index contributed by atoms with van der Waals surface area (Å²) in [7, 11) is -6.09. The van der Waals surface area contributed by atoms with E-state index in [2.05, 4.69) is 0 Å². The number of alkyl halides is 3. The number of halogens is 3. The van der Waals surface area contributed by atoms with Crippen LogP contribution in [-0.4, -0.2) is 28.7 Å². The Morgan fingerprint density at radius 2 is 1.52 bits per heavy atom. The molecule has 0 fully saturated rings. The number of hydrogen-bond donors (Lipinski definition) is 2. The van der Waals surface area contributed by atoms with Gasteiger partial charge in [-0.1, -0.05) is 13.5 Å². The van der Waals surface area contributed by atoms with E-state index in [0.717, 1.165) is 21.9 Å². The van der Waals surface area contributed by atoms with Gasteiger partial charge in [0.25, 0.3) is 0 Å². The highest BCUT2D eigenvalue weighted by Gasteiger charge is 2.36. The minimum atomic E-state index is -6.09. The molecule has 0 bridgehead atoms. The first-order valence-corrected chi connectivity index (χ1v) is 7.19. The highest BCUT2D eigenvalue weighted by Crippen LogP contribution is 2.32. The zero-order valence-electron chi connectivity index (χ0n) is 12.0. The lowest BCUT2D eigenvalue weighted by Crippen LogP contribution is -2.21. The van der Waals surface area contributed by atoms with Gasteiger partial charge in [0.2, 0.25) is 0 Å². The fourth-order valence-corrected chi connectivity index (χ4v) is 1.67. The van der Waals surface area contributed by atoms with E-state index in [-0.39, 0.29) is 25.0 Å². The lowest BCUT2D eigenvalue weighted by atomic mass is 10.00. The standard InChI is InChI=1S/C12H12O2.CHF3O3S.H2S/c1-7-5-12(14)10-4-3-9(13)6-11(10)8(7)2;2-1(3,4)8(5,6)7;/h3-6,13-14H,1-2H3;(H,5,6,7);1H2. The Bertz CT molecular complexity index is 801. The molecular formula is C13H15F3O5S2. The van der Waals surface area contributed by atoms with E-state index in [9.17, 15) is 23.4 Å². The van der Waals surface area contributed by atoms with Gasteiger partial charge in [0.05, 0.1) is 0 Å². The van der Waals surface area contributed by atoms with Crippen molar-refractivity contribution in [2.24, 2.45) is 0 Å². The molecule has 0 spiro atoms. The molecule has 0 saturated heterocycles. The Hall–Kier alpha value is -1.65. The first-order chi connectivity index (χ1) is 9.84. The second-order valence-corrected chi connectivity index (χ2v) is 5.84. The number of fused-ring (bicyclic) bond motifs is 1. The topological polar surface area (TPSA) is 97.7 Å². The molecule has 130 valence electrons. The van der Waals surface area contributed by atoms with Crippen LogP contribution in [0.25, 0.3) is 10.8 Å². The molecular weight excluding hydrogens is 357 g/mol. The number of benzene rings is 2. The molecule has 23 heavy (non-hydrogen) atoms. The quantitative estimate of drug-likeness (QED) is 0.419. The summed E-state index contributed by atoms with van der Waals surface area (Å²) in [6.07, 6.45) is 0. The summed E-state index contributed by atoms with van der Waals surface area (Å²) in [5.74, 6) is 0.494. The summed E-state index contributed by atoms with van der Waals surface area (Å²) in [4.78, 5) is 0. The van der Waals surface area contributed by atoms with Crippen LogP contribution in [0.1, 0.15) is 11.1 Å². The van der Waals surface area contributed by atoms with Crippen LogP contribution >= 0.6 is 0 Å². The molecule has 0 amide bonds. The highest BCUT2D eigenvalue weighted by atomic mass is 32.2. The fourth-order valence-electron chi connectivity index (χ4n) is 1.67. The molecule has 0 aromatic heterocycles. The van der Waals surface area contributed by atoms with Gasteiger partial charge in [-0.05, 0) is 54.6 Å². The number of aromatic hydroxyl groups is 2. The Labute approximate surface area is 137 Å². The molecule has 2 aromatic carbocycles.